The molecule has 39 heavy (non-hydrogen) atoms. The van der Waals surface area contributed by atoms with Gasteiger partial charge in [-0.3, -0.25) is 9.48 Å². The first-order valence-electron chi connectivity index (χ1n) is 11.6. The van der Waals surface area contributed by atoms with Crippen LogP contribution in [0.15, 0.2) is 37.1 Å². The summed E-state index contributed by atoms with van der Waals surface area (Å²) in [7, 11) is 0. The number of carbonyl (C=O) groups is 1. The van der Waals surface area contributed by atoms with E-state index >= 15 is 0 Å². The Balaban J connectivity index is 0.000000531. The molecule has 1 aliphatic rings. The highest BCUT2D eigenvalue weighted by Gasteiger charge is 2.33. The Labute approximate surface area is 223 Å². The Morgan fingerprint density at radius 1 is 1.36 bits per heavy atom. The summed E-state index contributed by atoms with van der Waals surface area (Å²) in [6, 6.07) is 5.20. The number of H-pyrrole nitrogens is 1. The molecular weight excluding hydrogens is 544 g/mol. The number of aliphatic hydroxyl groups excluding tert-OH is 1. The summed E-state index contributed by atoms with van der Waals surface area (Å²) in [5.41, 5.74) is 2.59. The van der Waals surface area contributed by atoms with Crippen molar-refractivity contribution in [2.75, 3.05) is 18.0 Å². The van der Waals surface area contributed by atoms with Crippen LogP contribution in [0.4, 0.5) is 23.4 Å². The Hall–Kier alpha value is -4.09. The van der Waals surface area contributed by atoms with Crippen LogP contribution in [0, 0.1) is 23.1 Å². The van der Waals surface area contributed by atoms with Crippen molar-refractivity contribution in [3.05, 3.63) is 53.6 Å². The summed E-state index contributed by atoms with van der Waals surface area (Å²) in [5, 5.41) is 24.3. The number of aromatic amines is 1. The van der Waals surface area contributed by atoms with Crippen molar-refractivity contribution < 1.29 is 27.5 Å². The molecule has 0 aromatic carbocycles. The number of anilines is 1. The topological polar surface area (TPSA) is 137 Å². The van der Waals surface area contributed by atoms with E-state index in [1.54, 1.807) is 10.9 Å². The van der Waals surface area contributed by atoms with Crippen molar-refractivity contribution in [3.63, 3.8) is 0 Å². The molecule has 4 aromatic heterocycles. The fraction of sp³-hybridized carbons (Fsp3) is 0.333. The smallest absolute Gasteiger partial charge is 0.392 e. The second kappa shape index (κ2) is 11.7. The van der Waals surface area contributed by atoms with Gasteiger partial charge in [-0.15, -0.1) is 0 Å². The van der Waals surface area contributed by atoms with E-state index in [2.05, 4.69) is 31.1 Å². The minimum atomic E-state index is -4.64. The fourth-order valence-corrected chi connectivity index (χ4v) is 4.63. The van der Waals surface area contributed by atoms with Crippen molar-refractivity contribution in [2.45, 2.75) is 31.7 Å². The SMILES string of the molecule is N#CC[C@@H]([C@H]1CCN(c2nc(Cl)c(CO)cc2F)C1)n1cc(-c2ncnc3[nH]ccc23)cn1.O=CC(F)(F)F. The molecule has 15 heteroatoms. The molecule has 4 aromatic rings. The maximum absolute atomic E-state index is 14.6. The van der Waals surface area contributed by atoms with Gasteiger partial charge in [0, 0.05) is 47.9 Å². The molecular formula is C24H21ClF4N8O2. The summed E-state index contributed by atoms with van der Waals surface area (Å²) in [6.45, 7) is 0.712. The van der Waals surface area contributed by atoms with Gasteiger partial charge in [0.1, 0.15) is 17.1 Å². The van der Waals surface area contributed by atoms with Gasteiger partial charge in [0.05, 0.1) is 37.0 Å². The molecule has 1 saturated heterocycles. The molecule has 10 nitrogen and oxygen atoms in total. The number of aliphatic hydroxyl groups is 1. The monoisotopic (exact) mass is 564 g/mol. The van der Waals surface area contributed by atoms with E-state index in [-0.39, 0.29) is 41.5 Å². The molecule has 0 aliphatic carbocycles. The molecule has 5 heterocycles. The highest BCUT2D eigenvalue weighted by Crippen LogP contribution is 2.35. The summed E-state index contributed by atoms with van der Waals surface area (Å²) in [4.78, 5) is 26.4. The number of pyridine rings is 1. The van der Waals surface area contributed by atoms with Crippen LogP contribution in [0.5, 0.6) is 0 Å². The number of aldehydes is 1. The number of nitriles is 1. The molecule has 0 saturated carbocycles. The Bertz CT molecular complexity index is 1500. The number of carbonyl (C=O) groups excluding carboxylic acids is 1. The van der Waals surface area contributed by atoms with Crippen molar-refractivity contribution in [3.8, 4) is 17.3 Å². The summed E-state index contributed by atoms with van der Waals surface area (Å²) >= 11 is 6.08. The minimum absolute atomic E-state index is 0.0626. The second-order valence-corrected chi connectivity index (χ2v) is 9.01. The summed E-state index contributed by atoms with van der Waals surface area (Å²) < 4.78 is 47.7. The van der Waals surface area contributed by atoms with E-state index in [1.165, 1.54) is 12.4 Å². The van der Waals surface area contributed by atoms with Crippen molar-refractivity contribution in [1.82, 2.24) is 29.7 Å². The van der Waals surface area contributed by atoms with E-state index in [0.717, 1.165) is 28.7 Å². The summed E-state index contributed by atoms with van der Waals surface area (Å²) in [5.74, 6) is -0.304. The Morgan fingerprint density at radius 2 is 2.13 bits per heavy atom. The predicted octanol–water partition coefficient (Wildman–Crippen LogP) is 4.23. The normalized spacial score (nSPS) is 16.0. The number of hydrogen-bond donors (Lipinski definition) is 2. The van der Waals surface area contributed by atoms with Gasteiger partial charge in [0.15, 0.2) is 11.6 Å². The van der Waals surface area contributed by atoms with E-state index < -0.39 is 18.3 Å². The first-order valence-corrected chi connectivity index (χ1v) is 12.0. The first-order chi connectivity index (χ1) is 18.6. The van der Waals surface area contributed by atoms with Gasteiger partial charge >= 0.3 is 6.18 Å². The lowest BCUT2D eigenvalue weighted by Gasteiger charge is -2.23. The highest BCUT2D eigenvalue weighted by molar-refractivity contribution is 6.30. The Morgan fingerprint density at radius 3 is 2.82 bits per heavy atom. The van der Waals surface area contributed by atoms with Crippen LogP contribution >= 0.6 is 11.6 Å². The minimum Gasteiger partial charge on any atom is -0.392 e. The van der Waals surface area contributed by atoms with E-state index in [1.807, 2.05) is 23.4 Å². The number of hydrogen-bond acceptors (Lipinski definition) is 8. The Kier molecular flexibility index (Phi) is 8.41. The maximum atomic E-state index is 14.6. The quantitative estimate of drug-likeness (QED) is 0.202. The fourth-order valence-electron chi connectivity index (χ4n) is 4.44. The molecule has 0 spiro atoms. The third kappa shape index (κ3) is 6.32. The molecule has 2 N–H and O–H groups in total. The number of alkyl halides is 3. The van der Waals surface area contributed by atoms with Crippen molar-refractivity contribution in [1.29, 1.82) is 5.26 Å². The van der Waals surface area contributed by atoms with E-state index in [0.29, 0.717) is 13.1 Å². The molecule has 0 bridgehead atoms. The number of aromatic nitrogens is 6. The molecule has 1 fully saturated rings. The van der Waals surface area contributed by atoms with Crippen LogP contribution in [-0.4, -0.2) is 60.4 Å². The molecule has 0 radical (unpaired) electrons. The van der Waals surface area contributed by atoms with Gasteiger partial charge in [-0.1, -0.05) is 11.6 Å². The average molecular weight is 565 g/mol. The third-order valence-electron chi connectivity index (χ3n) is 6.23. The zero-order chi connectivity index (χ0) is 28.2. The lowest BCUT2D eigenvalue weighted by atomic mass is 9.96. The molecule has 0 unspecified atom stereocenters. The van der Waals surface area contributed by atoms with Gasteiger partial charge in [-0.25, -0.2) is 19.3 Å². The number of halogens is 5. The zero-order valence-corrected chi connectivity index (χ0v) is 20.9. The third-order valence-corrected chi connectivity index (χ3v) is 6.55. The van der Waals surface area contributed by atoms with Gasteiger partial charge < -0.3 is 15.0 Å². The van der Waals surface area contributed by atoms with Crippen molar-refractivity contribution in [2.24, 2.45) is 5.92 Å². The van der Waals surface area contributed by atoms with Gasteiger partial charge in [-0.05, 0) is 18.6 Å². The average Bonchev–Trinajstić information content (AvgIpc) is 3.69. The lowest BCUT2D eigenvalue weighted by molar-refractivity contribution is -0.156. The molecule has 5 rings (SSSR count). The maximum Gasteiger partial charge on any atom is 0.446 e. The van der Waals surface area contributed by atoms with Gasteiger partial charge in [0.2, 0.25) is 6.29 Å². The number of fused-ring (bicyclic) bond motifs is 1. The van der Waals surface area contributed by atoms with Crippen LogP contribution in [0.25, 0.3) is 22.3 Å². The predicted molar refractivity (Wildman–Crippen MR) is 132 cm³/mol. The largest absolute Gasteiger partial charge is 0.446 e. The summed E-state index contributed by atoms with van der Waals surface area (Å²) in [6.07, 6.45) is 2.26. The number of rotatable bonds is 6. The van der Waals surface area contributed by atoms with Crippen LogP contribution in [0.2, 0.25) is 5.15 Å². The number of nitrogens with zero attached hydrogens (tertiary/aromatic N) is 7. The molecule has 2 atom stereocenters. The lowest BCUT2D eigenvalue weighted by Crippen LogP contribution is -2.26. The molecule has 1 aliphatic heterocycles. The second-order valence-electron chi connectivity index (χ2n) is 8.66. The zero-order valence-electron chi connectivity index (χ0n) is 20.1. The molecule has 0 amide bonds. The standard InChI is InChI=1S/C22H20ClFN8O.C2HF3O/c23-20-14(11-33)7-17(24)22(30-20)31-6-3-13(9-31)18(1-4-25)32-10-15(8-29-32)19-16-2-5-26-21(16)28-12-27-19;3-2(4,5)1-6/h2,5,7-8,10,12-13,18,33H,1,3,6,9,11H2,(H,26,27,28);1H/t13-,18-;/m0./s1. The van der Waals surface area contributed by atoms with Crippen LogP contribution in [-0.2, 0) is 11.4 Å². The number of nitrogens with one attached hydrogen (secondary N) is 1. The van der Waals surface area contributed by atoms with E-state index in [9.17, 15) is 27.9 Å². The van der Waals surface area contributed by atoms with Crippen LogP contribution in [0.3, 0.4) is 0 Å². The van der Waals surface area contributed by atoms with Crippen LogP contribution < -0.4 is 4.90 Å². The molecule has 204 valence electrons. The first kappa shape index (κ1) is 27.9. The highest BCUT2D eigenvalue weighted by atomic mass is 35.5. The van der Waals surface area contributed by atoms with Gasteiger partial charge in [-0.2, -0.15) is 23.5 Å². The van der Waals surface area contributed by atoms with Crippen LogP contribution in [0.1, 0.15) is 24.4 Å². The van der Waals surface area contributed by atoms with Gasteiger partial charge in [0.25, 0.3) is 0 Å². The van der Waals surface area contributed by atoms with E-state index in [4.69, 9.17) is 16.4 Å². The van der Waals surface area contributed by atoms with Crippen molar-refractivity contribution >= 4 is 34.7 Å².